The molecule has 1 N–H and O–H groups in total. The summed E-state index contributed by atoms with van der Waals surface area (Å²) in [5.74, 6) is 1.51. The van der Waals surface area contributed by atoms with E-state index in [1.807, 2.05) is 37.8 Å². The molecule has 3 saturated heterocycles. The molecule has 248 valence electrons. The van der Waals surface area contributed by atoms with Gasteiger partial charge >= 0.3 is 6.09 Å². The van der Waals surface area contributed by atoms with E-state index in [-0.39, 0.29) is 30.0 Å². The Morgan fingerprint density at radius 1 is 1.13 bits per heavy atom. The number of phenols is 1. The van der Waals surface area contributed by atoms with Crippen LogP contribution in [0, 0.1) is 11.3 Å². The van der Waals surface area contributed by atoms with E-state index in [0.717, 1.165) is 83.1 Å². The van der Waals surface area contributed by atoms with Gasteiger partial charge in [0.2, 0.25) is 5.88 Å². The number of fused-ring (bicyclic) bond motifs is 4. The fourth-order valence-electron chi connectivity index (χ4n) is 7.92. The first-order chi connectivity index (χ1) is 22.5. The van der Waals surface area contributed by atoms with E-state index in [0.29, 0.717) is 37.7 Å². The summed E-state index contributed by atoms with van der Waals surface area (Å²) in [6.45, 7) is 9.67. The number of anilines is 2. The number of ether oxygens (including phenoxy) is 2. The second-order valence-corrected chi connectivity index (χ2v) is 15.3. The molecule has 0 saturated carbocycles. The minimum absolute atomic E-state index is 0.111. The number of nitriles is 1. The van der Waals surface area contributed by atoms with Gasteiger partial charge in [0.15, 0.2) is 0 Å². The van der Waals surface area contributed by atoms with Crippen molar-refractivity contribution in [1.82, 2.24) is 14.8 Å². The Labute approximate surface area is 285 Å². The number of carbonyl (C=O) groups is 1. The van der Waals surface area contributed by atoms with Crippen molar-refractivity contribution >= 4 is 44.3 Å². The monoisotopic (exact) mass is 702 g/mol. The zero-order valence-electron chi connectivity index (χ0n) is 27.6. The number of likely N-dealkylation sites (N-methyl/N-ethyl adjacent to an activating group) is 1. The average molecular weight is 704 g/mol. The molecule has 1 amide bonds. The van der Waals surface area contributed by atoms with Crippen molar-refractivity contribution in [3.63, 3.8) is 0 Å². The fourth-order valence-corrected chi connectivity index (χ4v) is 8.59. The minimum Gasteiger partial charge on any atom is -0.508 e. The van der Waals surface area contributed by atoms with E-state index in [1.165, 1.54) is 0 Å². The van der Waals surface area contributed by atoms with Gasteiger partial charge in [-0.1, -0.05) is 12.1 Å². The Bertz CT molecular complexity index is 1740. The molecule has 3 atom stereocenters. The van der Waals surface area contributed by atoms with Crippen molar-refractivity contribution in [3.05, 3.63) is 51.5 Å². The molecular formula is C36H43BrN6O4. The number of pyridine rings is 1. The van der Waals surface area contributed by atoms with Crippen LogP contribution in [-0.4, -0.2) is 89.5 Å². The lowest BCUT2D eigenvalue weighted by Crippen LogP contribution is -2.56. The number of aromatic nitrogens is 1. The fraction of sp³-hybridized carbons (Fsp3) is 0.528. The highest BCUT2D eigenvalue weighted by atomic mass is 79.9. The van der Waals surface area contributed by atoms with E-state index in [9.17, 15) is 15.2 Å². The van der Waals surface area contributed by atoms with E-state index in [2.05, 4.69) is 49.8 Å². The first-order valence-electron chi connectivity index (χ1n) is 16.7. The maximum Gasteiger partial charge on any atom is 0.410 e. The second kappa shape index (κ2) is 12.4. The Hall–Kier alpha value is -3.75. The Kier molecular flexibility index (Phi) is 8.37. The standard InChI is InChI=1S/C36H43BrN6O4/c1-36(2,3)47-35(45)42-18-23-10-11-24(19-42)43(23)33-27-12-14-41(31-9-5-7-22-15-26(44)16-30(37)32(22)31)20-29(27)28(17-38)34(39-33)46-21-25-8-6-13-40(25)4/h5,7,9,15-16,23-25,44H,6,8,10-14,18-21H2,1-4H3/t23-,24+,25-/m0/s1. The number of amides is 1. The summed E-state index contributed by atoms with van der Waals surface area (Å²) < 4.78 is 13.1. The van der Waals surface area contributed by atoms with Gasteiger partial charge in [0, 0.05) is 71.0 Å². The van der Waals surface area contributed by atoms with Crippen molar-refractivity contribution in [3.8, 4) is 17.7 Å². The number of piperazine rings is 1. The van der Waals surface area contributed by atoms with Crippen LogP contribution >= 0.6 is 15.9 Å². The largest absolute Gasteiger partial charge is 0.508 e. The number of phenolic OH excluding ortho intramolecular Hbond substituents is 1. The normalized spacial score (nSPS) is 22.8. The molecule has 47 heavy (non-hydrogen) atoms. The molecule has 0 aliphatic carbocycles. The predicted molar refractivity (Wildman–Crippen MR) is 185 cm³/mol. The van der Waals surface area contributed by atoms with Crippen LogP contribution in [0.1, 0.15) is 63.1 Å². The predicted octanol–water partition coefficient (Wildman–Crippen LogP) is 6.20. The van der Waals surface area contributed by atoms with Gasteiger partial charge in [-0.15, -0.1) is 0 Å². The molecule has 3 fully saturated rings. The molecule has 4 aliphatic rings. The summed E-state index contributed by atoms with van der Waals surface area (Å²) in [5, 5.41) is 22.8. The number of rotatable bonds is 5. The van der Waals surface area contributed by atoms with Crippen LogP contribution in [0.15, 0.2) is 34.8 Å². The molecule has 2 bridgehead atoms. The van der Waals surface area contributed by atoms with Crippen molar-refractivity contribution in [2.45, 2.75) is 83.1 Å². The molecule has 3 aromatic rings. The molecule has 0 radical (unpaired) electrons. The van der Waals surface area contributed by atoms with E-state index in [1.54, 1.807) is 12.1 Å². The van der Waals surface area contributed by atoms with Crippen LogP contribution in [0.2, 0.25) is 0 Å². The second-order valence-electron chi connectivity index (χ2n) is 14.4. The van der Waals surface area contributed by atoms with Gasteiger partial charge in [-0.3, -0.25) is 0 Å². The highest BCUT2D eigenvalue weighted by Crippen LogP contribution is 2.44. The van der Waals surface area contributed by atoms with Gasteiger partial charge in [0.05, 0.1) is 0 Å². The number of aromatic hydroxyl groups is 1. The average Bonchev–Trinajstić information content (AvgIpc) is 3.55. The van der Waals surface area contributed by atoms with Crippen LogP contribution < -0.4 is 14.5 Å². The molecule has 7 rings (SSSR count). The number of benzene rings is 2. The third-order valence-corrected chi connectivity index (χ3v) is 10.8. The first-order valence-corrected chi connectivity index (χ1v) is 17.5. The lowest BCUT2D eigenvalue weighted by atomic mass is 9.94. The summed E-state index contributed by atoms with van der Waals surface area (Å²) in [6, 6.07) is 12.6. The van der Waals surface area contributed by atoms with Gasteiger partial charge in [0.1, 0.15) is 35.4 Å². The maximum absolute atomic E-state index is 13.1. The van der Waals surface area contributed by atoms with Crippen LogP contribution in [-0.2, 0) is 17.7 Å². The molecule has 4 aliphatic heterocycles. The van der Waals surface area contributed by atoms with Crippen LogP contribution in [0.3, 0.4) is 0 Å². The molecule has 5 heterocycles. The van der Waals surface area contributed by atoms with Crippen LogP contribution in [0.25, 0.3) is 10.8 Å². The SMILES string of the molecule is CN1CCC[C@H]1COc1nc(N2[C@@H]3CC[C@H]2CN(C(=O)OC(C)(C)C)C3)c2c(c1C#N)CN(c1cccc3cc(O)cc(Br)c13)CC2. The van der Waals surface area contributed by atoms with Gasteiger partial charge in [-0.05, 0) is 106 Å². The van der Waals surface area contributed by atoms with E-state index >= 15 is 0 Å². The Morgan fingerprint density at radius 2 is 1.89 bits per heavy atom. The molecule has 10 nitrogen and oxygen atoms in total. The van der Waals surface area contributed by atoms with Gasteiger partial charge < -0.3 is 34.2 Å². The van der Waals surface area contributed by atoms with Gasteiger partial charge in [-0.2, -0.15) is 10.2 Å². The van der Waals surface area contributed by atoms with E-state index < -0.39 is 5.60 Å². The molecular weight excluding hydrogens is 660 g/mol. The van der Waals surface area contributed by atoms with Gasteiger partial charge in [0.25, 0.3) is 0 Å². The summed E-state index contributed by atoms with van der Waals surface area (Å²) in [6.07, 6.45) is 4.58. The number of likely N-dealkylation sites (tertiary alicyclic amines) is 2. The molecule has 2 aromatic carbocycles. The lowest BCUT2D eigenvalue weighted by Gasteiger charge is -2.43. The summed E-state index contributed by atoms with van der Waals surface area (Å²) in [5.41, 5.74) is 3.06. The third kappa shape index (κ3) is 6.06. The molecule has 1 aromatic heterocycles. The Balaban J connectivity index is 1.27. The number of hydrogen-bond acceptors (Lipinski definition) is 9. The minimum atomic E-state index is -0.549. The van der Waals surface area contributed by atoms with Crippen molar-refractivity contribution < 1.29 is 19.4 Å². The number of nitrogens with zero attached hydrogens (tertiary/aromatic N) is 6. The van der Waals surface area contributed by atoms with Crippen molar-refractivity contribution in [1.29, 1.82) is 5.26 Å². The summed E-state index contributed by atoms with van der Waals surface area (Å²) >= 11 is 3.69. The summed E-state index contributed by atoms with van der Waals surface area (Å²) in [7, 11) is 2.12. The molecule has 0 spiro atoms. The zero-order valence-corrected chi connectivity index (χ0v) is 29.2. The maximum atomic E-state index is 13.1. The number of carbonyl (C=O) groups excluding carboxylic acids is 1. The molecule has 0 unspecified atom stereocenters. The zero-order chi connectivity index (χ0) is 33.0. The molecule has 11 heteroatoms. The number of halogens is 1. The topological polar surface area (TPSA) is 105 Å². The highest BCUT2D eigenvalue weighted by Gasteiger charge is 2.45. The van der Waals surface area contributed by atoms with Gasteiger partial charge in [-0.25, -0.2) is 4.79 Å². The first kappa shape index (κ1) is 31.8. The van der Waals surface area contributed by atoms with Crippen molar-refractivity contribution in [2.24, 2.45) is 0 Å². The Morgan fingerprint density at radius 3 is 2.57 bits per heavy atom. The summed E-state index contributed by atoms with van der Waals surface area (Å²) in [4.78, 5) is 27.2. The lowest BCUT2D eigenvalue weighted by molar-refractivity contribution is 0.0209. The third-order valence-electron chi connectivity index (χ3n) is 10.1. The number of hydrogen-bond donors (Lipinski definition) is 1. The smallest absolute Gasteiger partial charge is 0.410 e. The van der Waals surface area contributed by atoms with E-state index in [4.69, 9.17) is 14.5 Å². The van der Waals surface area contributed by atoms with Crippen LogP contribution in [0.4, 0.5) is 16.3 Å². The highest BCUT2D eigenvalue weighted by molar-refractivity contribution is 9.10. The van der Waals surface area contributed by atoms with Crippen molar-refractivity contribution in [2.75, 3.05) is 49.6 Å². The quantitative estimate of drug-likeness (QED) is 0.333. The van der Waals surface area contributed by atoms with Crippen LogP contribution in [0.5, 0.6) is 11.6 Å².